The molecule has 21 heavy (non-hydrogen) atoms. The topological polar surface area (TPSA) is 58.6 Å². The molecule has 0 bridgehead atoms. The van der Waals surface area contributed by atoms with Gasteiger partial charge in [0.1, 0.15) is 5.75 Å². The molecule has 1 saturated carbocycles. The lowest BCUT2D eigenvalue weighted by Gasteiger charge is -2.27. The van der Waals surface area contributed by atoms with Crippen LogP contribution in [0.4, 0.5) is 0 Å². The van der Waals surface area contributed by atoms with Crippen LogP contribution in [0.15, 0.2) is 24.3 Å². The van der Waals surface area contributed by atoms with Crippen LogP contribution >= 0.6 is 0 Å². The number of hydrogen-bond donors (Lipinski definition) is 2. The maximum absolute atomic E-state index is 11.8. The Morgan fingerprint density at radius 3 is 2.95 bits per heavy atom. The molecule has 1 aliphatic carbocycles. The molecule has 4 heteroatoms. The Kier molecular flexibility index (Phi) is 6.05. The van der Waals surface area contributed by atoms with Gasteiger partial charge in [0.25, 0.3) is 5.91 Å². The van der Waals surface area contributed by atoms with Crippen molar-refractivity contribution in [3.05, 3.63) is 29.8 Å². The SMILES string of the molecule is CCc1cccc(OCC(=O)NCC2CCCCC2O)c1. The van der Waals surface area contributed by atoms with Crippen LogP contribution in [0.2, 0.25) is 0 Å². The van der Waals surface area contributed by atoms with Gasteiger partial charge in [-0.05, 0) is 37.0 Å². The average Bonchev–Trinajstić information content (AvgIpc) is 2.52. The molecule has 1 fully saturated rings. The van der Waals surface area contributed by atoms with Crippen molar-refractivity contribution in [2.24, 2.45) is 5.92 Å². The maximum atomic E-state index is 11.8. The minimum Gasteiger partial charge on any atom is -0.484 e. The normalized spacial score (nSPS) is 21.8. The van der Waals surface area contributed by atoms with E-state index in [1.54, 1.807) is 0 Å². The molecular weight excluding hydrogens is 266 g/mol. The predicted molar refractivity (Wildman–Crippen MR) is 82.3 cm³/mol. The number of hydrogen-bond acceptors (Lipinski definition) is 3. The predicted octanol–water partition coefficient (Wildman–Crippen LogP) is 2.30. The van der Waals surface area contributed by atoms with Crippen LogP contribution in [-0.4, -0.2) is 30.3 Å². The smallest absolute Gasteiger partial charge is 0.257 e. The minimum absolute atomic E-state index is 0.0238. The zero-order valence-electron chi connectivity index (χ0n) is 12.7. The minimum atomic E-state index is -0.277. The van der Waals surface area contributed by atoms with Crippen LogP contribution in [0.1, 0.15) is 38.2 Å². The Hall–Kier alpha value is -1.55. The van der Waals surface area contributed by atoms with Crippen molar-refractivity contribution in [1.82, 2.24) is 5.32 Å². The maximum Gasteiger partial charge on any atom is 0.257 e. The first-order valence-corrected chi connectivity index (χ1v) is 7.85. The number of carbonyl (C=O) groups excluding carboxylic acids is 1. The van der Waals surface area contributed by atoms with Crippen molar-refractivity contribution in [2.45, 2.75) is 45.1 Å². The number of aliphatic hydroxyl groups is 1. The van der Waals surface area contributed by atoms with E-state index in [1.165, 1.54) is 5.56 Å². The van der Waals surface area contributed by atoms with Gasteiger partial charge in [0.2, 0.25) is 0 Å². The van der Waals surface area contributed by atoms with Crippen molar-refractivity contribution >= 4 is 5.91 Å². The first kappa shape index (κ1) is 15.8. The summed E-state index contributed by atoms with van der Waals surface area (Å²) in [6.07, 6.45) is 4.73. The van der Waals surface area contributed by atoms with Crippen LogP contribution in [0, 0.1) is 5.92 Å². The molecule has 0 radical (unpaired) electrons. The lowest BCUT2D eigenvalue weighted by atomic mass is 9.86. The highest BCUT2D eigenvalue weighted by molar-refractivity contribution is 5.77. The Morgan fingerprint density at radius 2 is 2.19 bits per heavy atom. The second-order valence-corrected chi connectivity index (χ2v) is 5.71. The monoisotopic (exact) mass is 291 g/mol. The molecule has 1 amide bonds. The van der Waals surface area contributed by atoms with E-state index in [9.17, 15) is 9.90 Å². The molecule has 1 aromatic rings. The lowest BCUT2D eigenvalue weighted by molar-refractivity contribution is -0.123. The summed E-state index contributed by atoms with van der Waals surface area (Å²) in [6.45, 7) is 2.65. The first-order valence-electron chi connectivity index (χ1n) is 7.85. The molecular formula is C17H25NO3. The zero-order valence-corrected chi connectivity index (χ0v) is 12.7. The molecule has 2 N–H and O–H groups in total. The van der Waals surface area contributed by atoms with Crippen LogP contribution in [0.25, 0.3) is 0 Å². The van der Waals surface area contributed by atoms with E-state index < -0.39 is 0 Å². The highest BCUT2D eigenvalue weighted by Crippen LogP contribution is 2.23. The molecule has 4 nitrogen and oxygen atoms in total. The largest absolute Gasteiger partial charge is 0.484 e. The summed E-state index contributed by atoms with van der Waals surface area (Å²) in [5.74, 6) is 0.781. The van der Waals surface area contributed by atoms with Crippen molar-refractivity contribution in [1.29, 1.82) is 0 Å². The van der Waals surface area contributed by atoms with Gasteiger partial charge in [-0.1, -0.05) is 31.9 Å². The summed E-state index contributed by atoms with van der Waals surface area (Å²) in [7, 11) is 0. The number of amides is 1. The van der Waals surface area contributed by atoms with E-state index in [4.69, 9.17) is 4.74 Å². The number of carbonyl (C=O) groups is 1. The fourth-order valence-corrected chi connectivity index (χ4v) is 2.73. The van der Waals surface area contributed by atoms with Gasteiger partial charge in [0, 0.05) is 12.5 Å². The van der Waals surface area contributed by atoms with Gasteiger partial charge in [-0.3, -0.25) is 4.79 Å². The summed E-state index contributed by atoms with van der Waals surface area (Å²) in [5, 5.41) is 12.7. The van der Waals surface area contributed by atoms with Gasteiger partial charge in [-0.2, -0.15) is 0 Å². The number of ether oxygens (including phenoxy) is 1. The number of aryl methyl sites for hydroxylation is 1. The number of aliphatic hydroxyl groups excluding tert-OH is 1. The molecule has 0 spiro atoms. The van der Waals surface area contributed by atoms with Crippen LogP contribution in [-0.2, 0) is 11.2 Å². The Bertz CT molecular complexity index is 461. The Morgan fingerprint density at radius 1 is 1.38 bits per heavy atom. The summed E-state index contributed by atoms with van der Waals surface area (Å²) in [6, 6.07) is 7.79. The van der Waals surface area contributed by atoms with E-state index >= 15 is 0 Å². The van der Waals surface area contributed by atoms with Crippen molar-refractivity contribution < 1.29 is 14.6 Å². The summed E-state index contributed by atoms with van der Waals surface area (Å²) >= 11 is 0. The summed E-state index contributed by atoms with van der Waals surface area (Å²) < 4.78 is 5.50. The van der Waals surface area contributed by atoms with E-state index in [-0.39, 0.29) is 24.5 Å². The molecule has 0 saturated heterocycles. The van der Waals surface area contributed by atoms with Crippen molar-refractivity contribution in [3.8, 4) is 5.75 Å². The van der Waals surface area contributed by atoms with Gasteiger partial charge in [-0.25, -0.2) is 0 Å². The average molecular weight is 291 g/mol. The third-order valence-electron chi connectivity index (χ3n) is 4.11. The van der Waals surface area contributed by atoms with Gasteiger partial charge >= 0.3 is 0 Å². The van der Waals surface area contributed by atoms with E-state index in [0.717, 1.165) is 37.9 Å². The molecule has 0 aromatic heterocycles. The number of rotatable bonds is 6. The second kappa shape index (κ2) is 8.03. The van der Waals surface area contributed by atoms with Crippen molar-refractivity contribution in [3.63, 3.8) is 0 Å². The molecule has 2 rings (SSSR count). The first-order chi connectivity index (χ1) is 10.2. The molecule has 116 valence electrons. The lowest BCUT2D eigenvalue weighted by Crippen LogP contribution is -2.38. The fraction of sp³-hybridized carbons (Fsp3) is 0.588. The molecule has 1 aromatic carbocycles. The van der Waals surface area contributed by atoms with Gasteiger partial charge < -0.3 is 15.2 Å². The van der Waals surface area contributed by atoms with E-state index in [2.05, 4.69) is 12.2 Å². The molecule has 2 unspecified atom stereocenters. The summed E-state index contributed by atoms with van der Waals surface area (Å²) in [5.41, 5.74) is 1.19. The highest BCUT2D eigenvalue weighted by Gasteiger charge is 2.23. The zero-order chi connectivity index (χ0) is 15.1. The summed E-state index contributed by atoms with van der Waals surface area (Å²) in [4.78, 5) is 11.8. The Labute approximate surface area is 126 Å². The van der Waals surface area contributed by atoms with Crippen LogP contribution in [0.5, 0.6) is 5.75 Å². The standard InChI is InChI=1S/C17H25NO3/c1-2-13-6-5-8-15(10-13)21-12-17(20)18-11-14-7-3-4-9-16(14)19/h5-6,8,10,14,16,19H,2-4,7,9,11-12H2,1H3,(H,18,20). The molecule has 0 aliphatic heterocycles. The Balaban J connectivity index is 1.71. The third kappa shape index (κ3) is 5.05. The second-order valence-electron chi connectivity index (χ2n) is 5.71. The van der Waals surface area contributed by atoms with Crippen LogP contribution < -0.4 is 10.1 Å². The van der Waals surface area contributed by atoms with E-state index in [0.29, 0.717) is 6.54 Å². The van der Waals surface area contributed by atoms with Gasteiger partial charge in [0.15, 0.2) is 6.61 Å². The van der Waals surface area contributed by atoms with E-state index in [1.807, 2.05) is 24.3 Å². The van der Waals surface area contributed by atoms with Gasteiger partial charge in [0.05, 0.1) is 6.10 Å². The molecule has 2 atom stereocenters. The fourth-order valence-electron chi connectivity index (χ4n) is 2.73. The molecule has 1 aliphatic rings. The van der Waals surface area contributed by atoms with Gasteiger partial charge in [-0.15, -0.1) is 0 Å². The van der Waals surface area contributed by atoms with Crippen LogP contribution in [0.3, 0.4) is 0 Å². The number of nitrogens with one attached hydrogen (secondary N) is 1. The quantitative estimate of drug-likeness (QED) is 0.845. The molecule has 0 heterocycles. The van der Waals surface area contributed by atoms with Crippen molar-refractivity contribution in [2.75, 3.05) is 13.2 Å². The highest BCUT2D eigenvalue weighted by atomic mass is 16.5. The number of benzene rings is 1. The third-order valence-corrected chi connectivity index (χ3v) is 4.11.